The third-order valence-corrected chi connectivity index (χ3v) is 4.40. The van der Waals surface area contributed by atoms with Crippen molar-refractivity contribution in [2.75, 3.05) is 32.9 Å². The van der Waals surface area contributed by atoms with Crippen LogP contribution >= 0.6 is 0 Å². The Balaban J connectivity index is 1.78. The highest BCUT2D eigenvalue weighted by molar-refractivity contribution is 5.90. The molecule has 1 atom stereocenters. The van der Waals surface area contributed by atoms with Gasteiger partial charge in [0.1, 0.15) is 0 Å². The molecule has 4 nitrogen and oxygen atoms in total. The maximum Gasteiger partial charge on any atom is 0.0726 e. The molecule has 1 saturated heterocycles. The summed E-state index contributed by atoms with van der Waals surface area (Å²) in [4.78, 5) is 9.58. The monoisotopic (exact) mass is 284 g/mol. The quantitative estimate of drug-likeness (QED) is 0.939. The first-order valence-electron chi connectivity index (χ1n) is 7.66. The average Bonchev–Trinajstić information content (AvgIpc) is 2.47. The van der Waals surface area contributed by atoms with Gasteiger partial charge < -0.3 is 10.6 Å². The van der Waals surface area contributed by atoms with Crippen LogP contribution in [0.1, 0.15) is 18.5 Å². The molecule has 0 spiro atoms. The van der Waals surface area contributed by atoms with Crippen molar-refractivity contribution in [1.29, 1.82) is 0 Å². The predicted octanol–water partition coefficient (Wildman–Crippen LogP) is 2.34. The number of pyridine rings is 1. The van der Waals surface area contributed by atoms with Crippen molar-refractivity contribution in [2.45, 2.75) is 25.4 Å². The van der Waals surface area contributed by atoms with Crippen molar-refractivity contribution < 1.29 is 0 Å². The number of nitrogens with zero attached hydrogens (tertiary/aromatic N) is 3. The first-order valence-corrected chi connectivity index (χ1v) is 7.66. The minimum Gasteiger partial charge on any atom is -0.398 e. The highest BCUT2D eigenvalue weighted by Crippen LogP contribution is 2.22. The normalized spacial score (nSPS) is 20.2. The zero-order valence-electron chi connectivity index (χ0n) is 12.9. The van der Waals surface area contributed by atoms with Crippen molar-refractivity contribution >= 4 is 16.6 Å². The van der Waals surface area contributed by atoms with Crippen LogP contribution in [0.5, 0.6) is 0 Å². The summed E-state index contributed by atoms with van der Waals surface area (Å²) in [5.74, 6) is 0. The Morgan fingerprint density at radius 3 is 2.95 bits per heavy atom. The van der Waals surface area contributed by atoms with E-state index in [0.717, 1.165) is 41.9 Å². The van der Waals surface area contributed by atoms with E-state index in [9.17, 15) is 0 Å². The number of anilines is 1. The number of hydrogen-bond acceptors (Lipinski definition) is 4. The average molecular weight is 284 g/mol. The maximum absolute atomic E-state index is 6.17. The van der Waals surface area contributed by atoms with Crippen LogP contribution in [-0.4, -0.2) is 48.0 Å². The maximum atomic E-state index is 6.17. The smallest absolute Gasteiger partial charge is 0.0726 e. The minimum atomic E-state index is 0.650. The molecule has 1 aromatic heterocycles. The molecule has 2 aromatic rings. The number of piperidine rings is 1. The van der Waals surface area contributed by atoms with Crippen LogP contribution in [-0.2, 0) is 6.54 Å². The second-order valence-electron chi connectivity index (χ2n) is 6.21. The van der Waals surface area contributed by atoms with E-state index >= 15 is 0 Å². The number of aromatic nitrogens is 1. The first-order chi connectivity index (χ1) is 10.1. The van der Waals surface area contributed by atoms with Gasteiger partial charge in [-0.2, -0.15) is 0 Å². The van der Waals surface area contributed by atoms with Crippen molar-refractivity contribution in [1.82, 2.24) is 14.8 Å². The highest BCUT2D eigenvalue weighted by atomic mass is 15.2. The summed E-state index contributed by atoms with van der Waals surface area (Å²) in [6.07, 6.45) is 2.54. The molecule has 2 N–H and O–H groups in total. The fraction of sp³-hybridized carbons (Fsp3) is 0.471. The third kappa shape index (κ3) is 3.17. The Bertz CT molecular complexity index is 623. The molecule has 1 aromatic carbocycles. The number of para-hydroxylation sites is 1. The van der Waals surface area contributed by atoms with Crippen molar-refractivity contribution in [2.24, 2.45) is 0 Å². The zero-order chi connectivity index (χ0) is 14.8. The molecule has 1 fully saturated rings. The summed E-state index contributed by atoms with van der Waals surface area (Å²) < 4.78 is 0. The molecular formula is C17H24N4. The molecule has 0 radical (unpaired) electrons. The van der Waals surface area contributed by atoms with E-state index in [4.69, 9.17) is 10.7 Å². The largest absolute Gasteiger partial charge is 0.398 e. The Kier molecular flexibility index (Phi) is 4.08. The SMILES string of the molecule is CN(C)C1CCCN(Cc2cc(N)c3ccccc3n2)C1. The van der Waals surface area contributed by atoms with Gasteiger partial charge in [0.15, 0.2) is 0 Å². The standard InChI is InChI=1S/C17H24N4/c1-20(2)14-6-5-9-21(12-14)11-13-10-16(18)15-7-3-4-8-17(15)19-13/h3-4,7-8,10,14H,5-6,9,11-12H2,1-2H3,(H2,18,19). The van der Waals surface area contributed by atoms with Gasteiger partial charge in [0.05, 0.1) is 11.2 Å². The van der Waals surface area contributed by atoms with Crippen LogP contribution in [0.15, 0.2) is 30.3 Å². The number of nitrogens with two attached hydrogens (primary N) is 1. The highest BCUT2D eigenvalue weighted by Gasteiger charge is 2.21. The fourth-order valence-corrected chi connectivity index (χ4v) is 3.17. The van der Waals surface area contributed by atoms with E-state index in [0.29, 0.717) is 6.04 Å². The predicted molar refractivity (Wildman–Crippen MR) is 88.1 cm³/mol. The van der Waals surface area contributed by atoms with Gasteiger partial charge in [-0.3, -0.25) is 9.88 Å². The van der Waals surface area contributed by atoms with E-state index in [1.807, 2.05) is 30.3 Å². The second-order valence-corrected chi connectivity index (χ2v) is 6.21. The van der Waals surface area contributed by atoms with E-state index in [-0.39, 0.29) is 0 Å². The molecular weight excluding hydrogens is 260 g/mol. The molecule has 4 heteroatoms. The molecule has 0 saturated carbocycles. The summed E-state index contributed by atoms with van der Waals surface area (Å²) in [7, 11) is 4.33. The number of likely N-dealkylation sites (N-methyl/N-ethyl adjacent to an activating group) is 1. The third-order valence-electron chi connectivity index (χ3n) is 4.40. The van der Waals surface area contributed by atoms with E-state index < -0.39 is 0 Å². The van der Waals surface area contributed by atoms with Crippen LogP contribution in [0.3, 0.4) is 0 Å². The summed E-state index contributed by atoms with van der Waals surface area (Å²) >= 11 is 0. The fourth-order valence-electron chi connectivity index (χ4n) is 3.17. The first kappa shape index (κ1) is 14.3. The van der Waals surface area contributed by atoms with Gasteiger partial charge in [0, 0.05) is 30.2 Å². The molecule has 0 bridgehead atoms. The van der Waals surface area contributed by atoms with Crippen molar-refractivity contribution in [3.8, 4) is 0 Å². The van der Waals surface area contributed by atoms with Gasteiger partial charge in [0.25, 0.3) is 0 Å². The lowest BCUT2D eigenvalue weighted by molar-refractivity contribution is 0.127. The van der Waals surface area contributed by atoms with Crippen LogP contribution < -0.4 is 5.73 Å². The number of fused-ring (bicyclic) bond motifs is 1. The molecule has 1 aliphatic heterocycles. The molecule has 1 unspecified atom stereocenters. The number of rotatable bonds is 3. The van der Waals surface area contributed by atoms with Gasteiger partial charge in [-0.1, -0.05) is 18.2 Å². The number of likely N-dealkylation sites (tertiary alicyclic amines) is 1. The summed E-state index contributed by atoms with van der Waals surface area (Å²) in [6, 6.07) is 10.8. The molecule has 0 amide bonds. The zero-order valence-corrected chi connectivity index (χ0v) is 12.9. The molecule has 2 heterocycles. The van der Waals surface area contributed by atoms with E-state index in [2.05, 4.69) is 23.9 Å². The van der Waals surface area contributed by atoms with Crippen molar-refractivity contribution in [3.05, 3.63) is 36.0 Å². The molecule has 21 heavy (non-hydrogen) atoms. The lowest BCUT2D eigenvalue weighted by Gasteiger charge is -2.36. The van der Waals surface area contributed by atoms with Crippen molar-refractivity contribution in [3.63, 3.8) is 0 Å². The van der Waals surface area contributed by atoms with Gasteiger partial charge in [-0.25, -0.2) is 0 Å². The van der Waals surface area contributed by atoms with Crippen LogP contribution in [0, 0.1) is 0 Å². The molecule has 112 valence electrons. The Morgan fingerprint density at radius 2 is 2.14 bits per heavy atom. The second kappa shape index (κ2) is 6.00. The van der Waals surface area contributed by atoms with Gasteiger partial charge >= 0.3 is 0 Å². The summed E-state index contributed by atoms with van der Waals surface area (Å²) in [5, 5.41) is 1.05. The Hall–Kier alpha value is -1.65. The minimum absolute atomic E-state index is 0.650. The van der Waals surface area contributed by atoms with E-state index in [1.54, 1.807) is 0 Å². The lowest BCUT2D eigenvalue weighted by Crippen LogP contribution is -2.44. The van der Waals surface area contributed by atoms with Crippen LogP contribution in [0.25, 0.3) is 10.9 Å². The summed E-state index contributed by atoms with van der Waals surface area (Å²) in [6.45, 7) is 3.15. The lowest BCUT2D eigenvalue weighted by atomic mass is 10.0. The van der Waals surface area contributed by atoms with Crippen LogP contribution in [0.4, 0.5) is 5.69 Å². The topological polar surface area (TPSA) is 45.4 Å². The van der Waals surface area contributed by atoms with Gasteiger partial charge in [-0.05, 0) is 45.6 Å². The van der Waals surface area contributed by atoms with Gasteiger partial charge in [0.2, 0.25) is 0 Å². The van der Waals surface area contributed by atoms with Crippen LogP contribution in [0.2, 0.25) is 0 Å². The Morgan fingerprint density at radius 1 is 1.33 bits per heavy atom. The number of nitrogen functional groups attached to an aromatic ring is 1. The van der Waals surface area contributed by atoms with Gasteiger partial charge in [-0.15, -0.1) is 0 Å². The number of hydrogen-bond donors (Lipinski definition) is 1. The molecule has 1 aliphatic rings. The van der Waals surface area contributed by atoms with E-state index in [1.165, 1.54) is 12.8 Å². The molecule has 0 aliphatic carbocycles. The number of benzene rings is 1. The Labute approximate surface area is 126 Å². The molecule has 3 rings (SSSR count). The summed E-state index contributed by atoms with van der Waals surface area (Å²) in [5.41, 5.74) is 9.07.